The summed E-state index contributed by atoms with van der Waals surface area (Å²) in [4.78, 5) is 23.9. The van der Waals surface area contributed by atoms with Crippen molar-refractivity contribution >= 4 is 11.8 Å². The molecule has 1 aromatic carbocycles. The van der Waals surface area contributed by atoms with Crippen LogP contribution in [0.1, 0.15) is 37.6 Å². The molecule has 0 N–H and O–H groups in total. The summed E-state index contributed by atoms with van der Waals surface area (Å²) in [6, 6.07) is 8.86. The number of hydrogen-bond donors (Lipinski definition) is 0. The number of carbonyl (C=O) groups excluding carboxylic acids is 2. The Hall–Kier alpha value is -1.90. The topological polar surface area (TPSA) is 43.4 Å². The Balaban J connectivity index is 2.16. The maximum atomic E-state index is 12.0. The van der Waals surface area contributed by atoms with Crippen LogP contribution in [-0.4, -0.2) is 11.8 Å². The van der Waals surface area contributed by atoms with Crippen molar-refractivity contribution in [2.45, 2.75) is 27.2 Å². The maximum Gasteiger partial charge on any atom is 0.343 e. The third-order valence-electron chi connectivity index (χ3n) is 3.35. The largest absolute Gasteiger partial charge is 0.428 e. The smallest absolute Gasteiger partial charge is 0.343 e. The molecule has 0 saturated carbocycles. The zero-order valence-electron chi connectivity index (χ0n) is 11.5. The van der Waals surface area contributed by atoms with E-state index >= 15 is 0 Å². The van der Waals surface area contributed by atoms with E-state index in [0.717, 1.165) is 0 Å². The SMILES string of the molecule is CC1CC(OC(=O)c2ccccc2)=CC(C)(C)C1=O. The quantitative estimate of drug-likeness (QED) is 0.764. The predicted molar refractivity (Wildman–Crippen MR) is 72.5 cm³/mol. The van der Waals surface area contributed by atoms with E-state index in [1.165, 1.54) is 0 Å². The maximum absolute atomic E-state index is 12.0. The first-order valence-electron chi connectivity index (χ1n) is 6.43. The van der Waals surface area contributed by atoms with Crippen molar-refractivity contribution < 1.29 is 14.3 Å². The third kappa shape index (κ3) is 2.92. The highest BCUT2D eigenvalue weighted by Crippen LogP contribution is 2.34. The Morgan fingerprint density at radius 3 is 2.47 bits per heavy atom. The van der Waals surface area contributed by atoms with Gasteiger partial charge in [0.05, 0.1) is 5.56 Å². The summed E-state index contributed by atoms with van der Waals surface area (Å²) < 4.78 is 5.40. The van der Waals surface area contributed by atoms with Gasteiger partial charge in [-0.1, -0.05) is 25.1 Å². The van der Waals surface area contributed by atoms with E-state index in [9.17, 15) is 9.59 Å². The van der Waals surface area contributed by atoms with Crippen molar-refractivity contribution in [1.82, 2.24) is 0 Å². The standard InChI is InChI=1S/C16H18O3/c1-11-9-13(10-16(2,3)14(11)17)19-15(18)12-7-5-4-6-8-12/h4-8,10-11H,9H2,1-3H3. The average molecular weight is 258 g/mol. The summed E-state index contributed by atoms with van der Waals surface area (Å²) in [5.41, 5.74) is -0.0463. The number of esters is 1. The lowest BCUT2D eigenvalue weighted by Gasteiger charge is -2.29. The van der Waals surface area contributed by atoms with Crippen LogP contribution in [0.5, 0.6) is 0 Å². The molecule has 1 aromatic rings. The van der Waals surface area contributed by atoms with Crippen molar-refractivity contribution in [3.63, 3.8) is 0 Å². The monoisotopic (exact) mass is 258 g/mol. The average Bonchev–Trinajstić information content (AvgIpc) is 2.36. The van der Waals surface area contributed by atoms with Gasteiger partial charge in [0.2, 0.25) is 0 Å². The normalized spacial score (nSPS) is 21.7. The van der Waals surface area contributed by atoms with Crippen molar-refractivity contribution in [3.05, 3.63) is 47.7 Å². The fraction of sp³-hybridized carbons (Fsp3) is 0.375. The second kappa shape index (κ2) is 5.00. The van der Waals surface area contributed by atoms with Crippen LogP contribution < -0.4 is 0 Å². The Bertz CT molecular complexity index is 526. The first-order valence-corrected chi connectivity index (χ1v) is 6.43. The van der Waals surface area contributed by atoms with Crippen LogP contribution >= 0.6 is 0 Å². The minimum atomic E-state index is -0.566. The first kappa shape index (κ1) is 13.5. The molecule has 19 heavy (non-hydrogen) atoms. The molecule has 1 aliphatic rings. The lowest BCUT2D eigenvalue weighted by Crippen LogP contribution is -2.33. The molecule has 0 radical (unpaired) electrons. The highest BCUT2D eigenvalue weighted by atomic mass is 16.5. The van der Waals surface area contributed by atoms with E-state index in [-0.39, 0.29) is 17.7 Å². The molecular formula is C16H18O3. The Morgan fingerprint density at radius 1 is 1.26 bits per heavy atom. The molecule has 100 valence electrons. The second-order valence-electron chi connectivity index (χ2n) is 5.56. The molecular weight excluding hydrogens is 240 g/mol. The van der Waals surface area contributed by atoms with Gasteiger partial charge in [-0.2, -0.15) is 0 Å². The van der Waals surface area contributed by atoms with Crippen LogP contribution in [-0.2, 0) is 9.53 Å². The van der Waals surface area contributed by atoms with Gasteiger partial charge >= 0.3 is 5.97 Å². The fourth-order valence-electron chi connectivity index (χ4n) is 2.39. The molecule has 3 heteroatoms. The Kier molecular flexibility index (Phi) is 3.56. The van der Waals surface area contributed by atoms with Crippen LogP contribution in [0.25, 0.3) is 0 Å². The van der Waals surface area contributed by atoms with E-state index in [4.69, 9.17) is 4.74 Å². The van der Waals surface area contributed by atoms with Gasteiger partial charge in [0.1, 0.15) is 11.5 Å². The molecule has 0 heterocycles. The Morgan fingerprint density at radius 2 is 1.89 bits per heavy atom. The third-order valence-corrected chi connectivity index (χ3v) is 3.35. The molecule has 1 aliphatic carbocycles. The molecule has 0 bridgehead atoms. The number of benzene rings is 1. The molecule has 0 fully saturated rings. The van der Waals surface area contributed by atoms with Gasteiger partial charge in [0, 0.05) is 17.8 Å². The van der Waals surface area contributed by atoms with Crippen molar-refractivity contribution in [3.8, 4) is 0 Å². The van der Waals surface area contributed by atoms with Gasteiger partial charge in [0.15, 0.2) is 0 Å². The lowest BCUT2D eigenvalue weighted by molar-refractivity contribution is -0.129. The van der Waals surface area contributed by atoms with Crippen LogP contribution in [0.2, 0.25) is 0 Å². The molecule has 0 aliphatic heterocycles. The summed E-state index contributed by atoms with van der Waals surface area (Å²) in [5, 5.41) is 0. The summed E-state index contributed by atoms with van der Waals surface area (Å²) in [5.74, 6) is 0.292. The number of carbonyl (C=O) groups is 2. The number of ketones is 1. The van der Waals surface area contributed by atoms with Crippen LogP contribution in [0.3, 0.4) is 0 Å². The number of rotatable bonds is 2. The zero-order valence-corrected chi connectivity index (χ0v) is 11.5. The summed E-state index contributed by atoms with van der Waals surface area (Å²) in [6.45, 7) is 5.57. The fourth-order valence-corrected chi connectivity index (χ4v) is 2.39. The number of Topliss-reactive ketones (excluding diaryl/α,β-unsaturated/α-hetero) is 1. The molecule has 1 unspecified atom stereocenters. The molecule has 1 atom stereocenters. The Labute approximate surface area is 113 Å². The van der Waals surface area contributed by atoms with E-state index in [2.05, 4.69) is 0 Å². The second-order valence-corrected chi connectivity index (χ2v) is 5.56. The van der Waals surface area contributed by atoms with Gasteiger partial charge in [-0.05, 0) is 32.1 Å². The van der Waals surface area contributed by atoms with E-state index in [1.54, 1.807) is 30.3 Å². The predicted octanol–water partition coefficient (Wildman–Crippen LogP) is 3.36. The van der Waals surface area contributed by atoms with E-state index < -0.39 is 5.41 Å². The lowest BCUT2D eigenvalue weighted by atomic mass is 9.75. The molecule has 2 rings (SSSR count). The van der Waals surface area contributed by atoms with E-state index in [1.807, 2.05) is 26.8 Å². The van der Waals surface area contributed by atoms with Crippen LogP contribution in [0.15, 0.2) is 42.2 Å². The number of ether oxygens (including phenoxy) is 1. The van der Waals surface area contributed by atoms with Gasteiger partial charge in [0.25, 0.3) is 0 Å². The molecule has 0 saturated heterocycles. The van der Waals surface area contributed by atoms with Crippen molar-refractivity contribution in [1.29, 1.82) is 0 Å². The molecule has 0 spiro atoms. The first-order chi connectivity index (χ1) is 8.90. The van der Waals surface area contributed by atoms with Gasteiger partial charge < -0.3 is 4.74 Å². The minimum absolute atomic E-state index is 0.112. The van der Waals surface area contributed by atoms with Crippen LogP contribution in [0, 0.1) is 11.3 Å². The summed E-state index contributed by atoms with van der Waals surface area (Å²) >= 11 is 0. The highest BCUT2D eigenvalue weighted by Gasteiger charge is 2.35. The van der Waals surface area contributed by atoms with Crippen LogP contribution in [0.4, 0.5) is 0 Å². The highest BCUT2D eigenvalue weighted by molar-refractivity contribution is 5.91. The van der Waals surface area contributed by atoms with Gasteiger partial charge in [-0.15, -0.1) is 0 Å². The van der Waals surface area contributed by atoms with Gasteiger partial charge in [-0.3, -0.25) is 4.79 Å². The summed E-state index contributed by atoms with van der Waals surface area (Å²) in [7, 11) is 0. The van der Waals surface area contributed by atoms with E-state index in [0.29, 0.717) is 17.7 Å². The molecule has 3 nitrogen and oxygen atoms in total. The zero-order chi connectivity index (χ0) is 14.0. The molecule has 0 amide bonds. The minimum Gasteiger partial charge on any atom is -0.428 e. The van der Waals surface area contributed by atoms with Gasteiger partial charge in [-0.25, -0.2) is 4.79 Å². The summed E-state index contributed by atoms with van der Waals surface area (Å²) in [6.07, 6.45) is 2.25. The molecule has 0 aromatic heterocycles. The number of hydrogen-bond acceptors (Lipinski definition) is 3. The number of allylic oxidation sites excluding steroid dienone is 2. The van der Waals surface area contributed by atoms with Crippen molar-refractivity contribution in [2.75, 3.05) is 0 Å². The van der Waals surface area contributed by atoms with Crippen molar-refractivity contribution in [2.24, 2.45) is 11.3 Å².